The molecular weight excluding hydrogens is 240 g/mol. The Morgan fingerprint density at radius 1 is 1.35 bits per heavy atom. The Labute approximate surface area is 104 Å². The zero-order valence-corrected chi connectivity index (χ0v) is 11.2. The van der Waals surface area contributed by atoms with Crippen LogP contribution in [0.2, 0.25) is 0 Å². The van der Waals surface area contributed by atoms with Crippen molar-refractivity contribution in [1.82, 2.24) is 9.62 Å². The molecule has 6 heteroatoms. The van der Waals surface area contributed by atoms with E-state index in [0.29, 0.717) is 25.6 Å². The number of hydrogen-bond acceptors (Lipinski definition) is 4. The largest absolute Gasteiger partial charge is 0.380 e. The van der Waals surface area contributed by atoms with Crippen molar-refractivity contribution < 1.29 is 13.2 Å². The van der Waals surface area contributed by atoms with E-state index in [0.717, 1.165) is 13.0 Å². The van der Waals surface area contributed by atoms with Crippen LogP contribution in [0.5, 0.6) is 0 Å². The van der Waals surface area contributed by atoms with Gasteiger partial charge in [0.1, 0.15) is 0 Å². The highest BCUT2D eigenvalue weighted by atomic mass is 32.2. The second-order valence-electron chi connectivity index (χ2n) is 4.90. The number of ether oxygens (including phenoxy) is 1. The minimum Gasteiger partial charge on any atom is -0.380 e. The number of nitrogens with one attached hydrogen (secondary N) is 1. The molecule has 1 saturated carbocycles. The smallest absolute Gasteiger partial charge is 0.214 e. The second kappa shape index (κ2) is 5.65. The number of nitrogens with zero attached hydrogens (tertiary/aromatic N) is 1. The van der Waals surface area contributed by atoms with Crippen molar-refractivity contribution >= 4 is 10.0 Å². The Kier molecular flexibility index (Phi) is 4.41. The topological polar surface area (TPSA) is 58.6 Å². The highest BCUT2D eigenvalue weighted by molar-refractivity contribution is 7.89. The molecule has 1 heterocycles. The second-order valence-corrected chi connectivity index (χ2v) is 6.99. The quantitative estimate of drug-likeness (QED) is 0.665. The van der Waals surface area contributed by atoms with Gasteiger partial charge in [0, 0.05) is 26.2 Å². The number of rotatable bonds is 7. The van der Waals surface area contributed by atoms with Gasteiger partial charge in [0.25, 0.3) is 0 Å². The third kappa shape index (κ3) is 3.91. The lowest BCUT2D eigenvalue weighted by Gasteiger charge is -2.16. The summed E-state index contributed by atoms with van der Waals surface area (Å²) in [5, 5.41) is 3.33. The number of sulfonamides is 1. The molecule has 0 aromatic carbocycles. The molecule has 5 nitrogen and oxygen atoms in total. The Balaban J connectivity index is 1.69. The first kappa shape index (κ1) is 13.3. The fourth-order valence-corrected chi connectivity index (χ4v) is 3.66. The molecule has 1 aliphatic carbocycles. The predicted molar refractivity (Wildman–Crippen MR) is 66.4 cm³/mol. The highest BCUT2D eigenvalue weighted by Crippen LogP contribution is 2.19. The van der Waals surface area contributed by atoms with Crippen molar-refractivity contribution in [3.05, 3.63) is 0 Å². The lowest BCUT2D eigenvalue weighted by atomic mass is 10.3. The molecule has 100 valence electrons. The van der Waals surface area contributed by atoms with Gasteiger partial charge in [-0.05, 0) is 32.2 Å². The minimum atomic E-state index is -3.07. The first-order valence-electron chi connectivity index (χ1n) is 6.36. The van der Waals surface area contributed by atoms with Crippen molar-refractivity contribution in [2.24, 2.45) is 0 Å². The van der Waals surface area contributed by atoms with Crippen molar-refractivity contribution in [2.45, 2.75) is 37.8 Å². The fourth-order valence-electron chi connectivity index (χ4n) is 2.12. The van der Waals surface area contributed by atoms with Crippen LogP contribution in [-0.2, 0) is 14.8 Å². The third-order valence-electron chi connectivity index (χ3n) is 3.42. The van der Waals surface area contributed by atoms with Crippen LogP contribution >= 0.6 is 0 Å². The van der Waals surface area contributed by atoms with Gasteiger partial charge >= 0.3 is 0 Å². The summed E-state index contributed by atoms with van der Waals surface area (Å²) in [6, 6.07) is 0.655. The maximum Gasteiger partial charge on any atom is 0.214 e. The summed E-state index contributed by atoms with van der Waals surface area (Å²) >= 11 is 0. The van der Waals surface area contributed by atoms with Gasteiger partial charge in [-0.25, -0.2) is 8.42 Å². The summed E-state index contributed by atoms with van der Waals surface area (Å²) < 4.78 is 30.7. The zero-order valence-electron chi connectivity index (χ0n) is 10.4. The van der Waals surface area contributed by atoms with E-state index in [2.05, 4.69) is 5.32 Å². The van der Waals surface area contributed by atoms with Crippen LogP contribution in [0.4, 0.5) is 0 Å². The van der Waals surface area contributed by atoms with Crippen molar-refractivity contribution in [1.29, 1.82) is 0 Å². The summed E-state index contributed by atoms with van der Waals surface area (Å²) in [4.78, 5) is 0. The maximum absolute atomic E-state index is 12.0. The van der Waals surface area contributed by atoms with Crippen LogP contribution in [0, 0.1) is 0 Å². The molecule has 1 saturated heterocycles. The van der Waals surface area contributed by atoms with Crippen molar-refractivity contribution in [3.8, 4) is 0 Å². The van der Waals surface area contributed by atoms with Gasteiger partial charge in [0.2, 0.25) is 10.0 Å². The summed E-state index contributed by atoms with van der Waals surface area (Å²) in [5.74, 6) is 0.253. The van der Waals surface area contributed by atoms with Gasteiger partial charge in [0.15, 0.2) is 0 Å². The van der Waals surface area contributed by atoms with Gasteiger partial charge in [-0.3, -0.25) is 0 Å². The van der Waals surface area contributed by atoms with E-state index >= 15 is 0 Å². The molecule has 0 aromatic heterocycles. The average Bonchev–Trinajstić information content (AvgIpc) is 2.98. The number of methoxy groups -OCH3 is 1. The predicted octanol–water partition coefficient (Wildman–Crippen LogP) is 0.179. The third-order valence-corrected chi connectivity index (χ3v) is 5.35. The molecule has 2 fully saturated rings. The Morgan fingerprint density at radius 2 is 2.12 bits per heavy atom. The first-order chi connectivity index (χ1) is 8.12. The van der Waals surface area contributed by atoms with Gasteiger partial charge in [-0.2, -0.15) is 4.31 Å². The molecule has 0 amide bonds. The lowest BCUT2D eigenvalue weighted by molar-refractivity contribution is 0.115. The lowest BCUT2D eigenvalue weighted by Crippen LogP contribution is -2.33. The molecule has 2 rings (SSSR count). The van der Waals surface area contributed by atoms with E-state index < -0.39 is 10.0 Å². The first-order valence-corrected chi connectivity index (χ1v) is 7.97. The fraction of sp³-hybridized carbons (Fsp3) is 1.00. The van der Waals surface area contributed by atoms with Crippen molar-refractivity contribution in [2.75, 3.05) is 32.5 Å². The van der Waals surface area contributed by atoms with E-state index in [9.17, 15) is 8.42 Å². The molecule has 0 aromatic rings. The Bertz CT molecular complexity index is 341. The van der Waals surface area contributed by atoms with Gasteiger partial charge in [0.05, 0.1) is 11.9 Å². The number of hydrogen-bond donors (Lipinski definition) is 1. The van der Waals surface area contributed by atoms with Crippen LogP contribution in [0.25, 0.3) is 0 Å². The van der Waals surface area contributed by atoms with Crippen LogP contribution in [0.1, 0.15) is 25.7 Å². The van der Waals surface area contributed by atoms with Gasteiger partial charge in [-0.15, -0.1) is 0 Å². The standard InChI is InChI=1S/C11H22N2O3S/c1-16-11-5-7-13(9-11)17(14,15)8-2-6-12-10-3-4-10/h10-12H,2-9H2,1H3. The summed E-state index contributed by atoms with van der Waals surface area (Å²) in [6.07, 6.45) is 4.08. The molecule has 1 unspecified atom stereocenters. The van der Waals surface area contributed by atoms with E-state index in [1.165, 1.54) is 12.8 Å². The molecule has 0 radical (unpaired) electrons. The van der Waals surface area contributed by atoms with E-state index in [1.54, 1.807) is 11.4 Å². The molecule has 1 aliphatic heterocycles. The minimum absolute atomic E-state index is 0.0781. The monoisotopic (exact) mass is 262 g/mol. The SMILES string of the molecule is COC1CCN(S(=O)(=O)CCCNC2CC2)C1. The summed E-state index contributed by atoms with van der Waals surface area (Å²) in [5.41, 5.74) is 0. The van der Waals surface area contributed by atoms with Gasteiger partial charge < -0.3 is 10.1 Å². The van der Waals surface area contributed by atoms with Crippen LogP contribution in [0.3, 0.4) is 0 Å². The normalized spacial score (nSPS) is 26.5. The highest BCUT2D eigenvalue weighted by Gasteiger charge is 2.30. The molecular formula is C11H22N2O3S. The summed E-state index contributed by atoms with van der Waals surface area (Å²) in [6.45, 7) is 1.94. The van der Waals surface area contributed by atoms with E-state index in [4.69, 9.17) is 4.74 Å². The Hall–Kier alpha value is -0.170. The molecule has 1 N–H and O–H groups in total. The van der Waals surface area contributed by atoms with E-state index in [-0.39, 0.29) is 11.9 Å². The van der Waals surface area contributed by atoms with Crippen LogP contribution in [-0.4, -0.2) is 57.4 Å². The van der Waals surface area contributed by atoms with E-state index in [1.807, 2.05) is 0 Å². The molecule has 0 spiro atoms. The molecule has 2 aliphatic rings. The molecule has 17 heavy (non-hydrogen) atoms. The van der Waals surface area contributed by atoms with Gasteiger partial charge in [-0.1, -0.05) is 0 Å². The van der Waals surface area contributed by atoms with Crippen LogP contribution < -0.4 is 5.32 Å². The van der Waals surface area contributed by atoms with Crippen molar-refractivity contribution in [3.63, 3.8) is 0 Å². The average molecular weight is 262 g/mol. The molecule has 0 bridgehead atoms. The summed E-state index contributed by atoms with van der Waals surface area (Å²) in [7, 11) is -1.43. The molecule has 1 atom stereocenters. The zero-order chi connectivity index (χ0) is 12.3. The Morgan fingerprint density at radius 3 is 2.71 bits per heavy atom. The van der Waals surface area contributed by atoms with Crippen LogP contribution in [0.15, 0.2) is 0 Å². The maximum atomic E-state index is 12.0.